The maximum atomic E-state index is 12.4. The number of benzene rings is 2. The second-order valence-electron chi connectivity index (χ2n) is 4.87. The first-order valence-electron chi connectivity index (χ1n) is 6.33. The number of anilines is 1. The van der Waals surface area contributed by atoms with E-state index in [-0.39, 0.29) is 0 Å². The minimum Gasteiger partial charge on any atom is -0.381 e. The molecule has 2 aromatic carbocycles. The van der Waals surface area contributed by atoms with Crippen LogP contribution in [-0.4, -0.2) is 0 Å². The van der Waals surface area contributed by atoms with Crippen molar-refractivity contribution in [3.8, 4) is 0 Å². The van der Waals surface area contributed by atoms with Crippen molar-refractivity contribution in [1.29, 1.82) is 0 Å². The van der Waals surface area contributed by atoms with Crippen molar-refractivity contribution in [3.63, 3.8) is 0 Å². The van der Waals surface area contributed by atoms with E-state index >= 15 is 0 Å². The van der Waals surface area contributed by atoms with Gasteiger partial charge < -0.3 is 5.32 Å². The zero-order valence-corrected chi connectivity index (χ0v) is 11.4. The molecule has 106 valence electrons. The summed E-state index contributed by atoms with van der Waals surface area (Å²) in [6.07, 6.45) is -4.28. The summed E-state index contributed by atoms with van der Waals surface area (Å²) in [7, 11) is 0. The lowest BCUT2D eigenvalue weighted by Gasteiger charge is -2.11. The predicted octanol–water partition coefficient (Wildman–Crippen LogP) is 4.93. The molecule has 0 aromatic heterocycles. The second kappa shape index (κ2) is 5.57. The minimum absolute atomic E-state index is 0.502. The molecule has 1 nitrogen and oxygen atoms in total. The molecule has 0 amide bonds. The van der Waals surface area contributed by atoms with Crippen LogP contribution < -0.4 is 5.32 Å². The Labute approximate surface area is 116 Å². The molecule has 0 aliphatic carbocycles. The van der Waals surface area contributed by atoms with Crippen molar-refractivity contribution in [2.75, 3.05) is 5.32 Å². The molecule has 1 N–H and O–H groups in total. The van der Waals surface area contributed by atoms with Crippen LogP contribution >= 0.6 is 0 Å². The zero-order valence-electron chi connectivity index (χ0n) is 11.4. The molecule has 0 aliphatic heterocycles. The third-order valence-electron chi connectivity index (χ3n) is 3.15. The van der Waals surface area contributed by atoms with E-state index in [9.17, 15) is 13.2 Å². The van der Waals surface area contributed by atoms with Gasteiger partial charge in [0.05, 0.1) is 5.56 Å². The first-order chi connectivity index (χ1) is 9.36. The first kappa shape index (κ1) is 14.4. The molecule has 0 aliphatic rings. The molecule has 0 radical (unpaired) electrons. The highest BCUT2D eigenvalue weighted by atomic mass is 19.4. The van der Waals surface area contributed by atoms with Crippen molar-refractivity contribution in [3.05, 3.63) is 64.7 Å². The van der Waals surface area contributed by atoms with Gasteiger partial charge in [-0.1, -0.05) is 29.8 Å². The van der Waals surface area contributed by atoms with E-state index in [2.05, 4.69) is 11.4 Å². The molecule has 20 heavy (non-hydrogen) atoms. The van der Waals surface area contributed by atoms with E-state index in [0.717, 1.165) is 28.9 Å². The van der Waals surface area contributed by atoms with Gasteiger partial charge in [0, 0.05) is 12.2 Å². The highest BCUT2D eigenvalue weighted by Gasteiger charge is 2.29. The molecule has 0 saturated carbocycles. The molecular formula is C16H16F3N. The van der Waals surface area contributed by atoms with E-state index in [1.165, 1.54) is 17.7 Å². The average molecular weight is 279 g/mol. The maximum absolute atomic E-state index is 12.4. The zero-order chi connectivity index (χ0) is 14.8. The summed E-state index contributed by atoms with van der Waals surface area (Å²) in [5, 5.41) is 3.23. The second-order valence-corrected chi connectivity index (χ2v) is 4.87. The van der Waals surface area contributed by atoms with E-state index < -0.39 is 11.7 Å². The molecule has 0 bridgehead atoms. The number of alkyl halides is 3. The van der Waals surface area contributed by atoms with Crippen molar-refractivity contribution >= 4 is 5.69 Å². The number of halogens is 3. The van der Waals surface area contributed by atoms with Crippen LogP contribution in [0.5, 0.6) is 0 Å². The number of rotatable bonds is 3. The van der Waals surface area contributed by atoms with Crippen LogP contribution in [-0.2, 0) is 12.7 Å². The Bertz CT molecular complexity index is 586. The van der Waals surface area contributed by atoms with Crippen molar-refractivity contribution < 1.29 is 13.2 Å². The lowest BCUT2D eigenvalue weighted by atomic mass is 10.1. The first-order valence-corrected chi connectivity index (χ1v) is 6.33. The van der Waals surface area contributed by atoms with Crippen LogP contribution in [0.2, 0.25) is 0 Å². The molecule has 0 atom stereocenters. The van der Waals surface area contributed by atoms with Crippen LogP contribution in [0.25, 0.3) is 0 Å². The van der Waals surface area contributed by atoms with Crippen molar-refractivity contribution in [2.24, 2.45) is 0 Å². The quantitative estimate of drug-likeness (QED) is 0.839. The van der Waals surface area contributed by atoms with Crippen LogP contribution in [0.4, 0.5) is 18.9 Å². The molecule has 0 spiro atoms. The standard InChI is InChI=1S/C16H16F3N/c1-11-3-8-15(12(2)9-11)20-10-13-4-6-14(7-5-13)16(17,18)19/h3-9,20H,10H2,1-2H3. The summed E-state index contributed by atoms with van der Waals surface area (Å²) in [4.78, 5) is 0. The van der Waals surface area contributed by atoms with Crippen molar-refractivity contribution in [2.45, 2.75) is 26.6 Å². The fourth-order valence-corrected chi connectivity index (χ4v) is 2.02. The van der Waals surface area contributed by atoms with Gasteiger partial charge in [-0.2, -0.15) is 13.2 Å². The topological polar surface area (TPSA) is 12.0 Å². The van der Waals surface area contributed by atoms with Gasteiger partial charge in [0.1, 0.15) is 0 Å². The van der Waals surface area contributed by atoms with Gasteiger partial charge in [0.2, 0.25) is 0 Å². The Morgan fingerprint density at radius 3 is 2.15 bits per heavy atom. The molecule has 2 rings (SSSR count). The molecular weight excluding hydrogens is 263 g/mol. The van der Waals surface area contributed by atoms with E-state index in [0.29, 0.717) is 6.54 Å². The molecule has 0 unspecified atom stereocenters. The highest BCUT2D eigenvalue weighted by Crippen LogP contribution is 2.29. The third kappa shape index (κ3) is 3.53. The summed E-state index contributed by atoms with van der Waals surface area (Å²) in [6.45, 7) is 4.52. The van der Waals surface area contributed by atoms with Crippen LogP contribution in [0.15, 0.2) is 42.5 Å². The maximum Gasteiger partial charge on any atom is 0.416 e. The third-order valence-corrected chi connectivity index (χ3v) is 3.15. The summed E-state index contributed by atoms with van der Waals surface area (Å²) >= 11 is 0. The van der Waals surface area contributed by atoms with E-state index in [1.54, 1.807) is 0 Å². The number of hydrogen-bond acceptors (Lipinski definition) is 1. The monoisotopic (exact) mass is 279 g/mol. The van der Waals surface area contributed by atoms with Gasteiger partial charge in [-0.25, -0.2) is 0 Å². The predicted molar refractivity (Wildman–Crippen MR) is 74.7 cm³/mol. The average Bonchev–Trinajstić information content (AvgIpc) is 2.37. The van der Waals surface area contributed by atoms with E-state index in [1.807, 2.05) is 26.0 Å². The smallest absolute Gasteiger partial charge is 0.381 e. The molecule has 4 heteroatoms. The number of hydrogen-bond donors (Lipinski definition) is 1. The summed E-state index contributed by atoms with van der Waals surface area (Å²) in [5.41, 5.74) is 3.50. The fourth-order valence-electron chi connectivity index (χ4n) is 2.02. The summed E-state index contributed by atoms with van der Waals surface area (Å²) < 4.78 is 37.3. The lowest BCUT2D eigenvalue weighted by molar-refractivity contribution is -0.137. The van der Waals surface area contributed by atoms with Gasteiger partial charge in [-0.05, 0) is 43.2 Å². The molecule has 0 heterocycles. The van der Waals surface area contributed by atoms with Gasteiger partial charge in [0.15, 0.2) is 0 Å². The summed E-state index contributed by atoms with van der Waals surface area (Å²) in [6, 6.07) is 11.3. The molecule has 2 aromatic rings. The SMILES string of the molecule is Cc1ccc(NCc2ccc(C(F)(F)F)cc2)c(C)c1. The Hall–Kier alpha value is -1.97. The van der Waals surface area contributed by atoms with Gasteiger partial charge in [0.25, 0.3) is 0 Å². The largest absolute Gasteiger partial charge is 0.416 e. The van der Waals surface area contributed by atoms with Gasteiger partial charge >= 0.3 is 6.18 Å². The van der Waals surface area contributed by atoms with Gasteiger partial charge in [-0.15, -0.1) is 0 Å². The Morgan fingerprint density at radius 2 is 1.60 bits per heavy atom. The Kier molecular flexibility index (Phi) is 4.02. The van der Waals surface area contributed by atoms with Gasteiger partial charge in [-0.3, -0.25) is 0 Å². The van der Waals surface area contributed by atoms with Crippen LogP contribution in [0, 0.1) is 13.8 Å². The highest BCUT2D eigenvalue weighted by molar-refractivity contribution is 5.52. The Morgan fingerprint density at radius 1 is 0.950 bits per heavy atom. The van der Waals surface area contributed by atoms with Crippen molar-refractivity contribution in [1.82, 2.24) is 0 Å². The van der Waals surface area contributed by atoms with E-state index in [4.69, 9.17) is 0 Å². The minimum atomic E-state index is -4.28. The number of aryl methyl sites for hydroxylation is 2. The molecule has 0 fully saturated rings. The number of nitrogens with one attached hydrogen (secondary N) is 1. The van der Waals surface area contributed by atoms with Crippen LogP contribution in [0.3, 0.4) is 0 Å². The summed E-state index contributed by atoms with van der Waals surface area (Å²) in [5.74, 6) is 0. The molecule has 0 saturated heterocycles. The Balaban J connectivity index is 2.04. The fraction of sp³-hybridized carbons (Fsp3) is 0.250. The van der Waals surface area contributed by atoms with Crippen LogP contribution in [0.1, 0.15) is 22.3 Å². The normalized spacial score (nSPS) is 11.4. The lowest BCUT2D eigenvalue weighted by Crippen LogP contribution is -2.06.